The average molecular weight is 303 g/mol. The fourth-order valence-corrected chi connectivity index (χ4v) is 2.83. The van der Waals surface area contributed by atoms with Gasteiger partial charge in [0, 0.05) is 16.1 Å². The maximum atomic E-state index is 5.89. The molecule has 0 aliphatic rings. The van der Waals surface area contributed by atoms with Gasteiger partial charge in [-0.15, -0.1) is 11.8 Å². The van der Waals surface area contributed by atoms with Crippen LogP contribution in [-0.2, 0) is 0 Å². The lowest BCUT2D eigenvalue weighted by Crippen LogP contribution is -2.19. The lowest BCUT2D eigenvalue weighted by Gasteiger charge is -2.19. The van der Waals surface area contributed by atoms with Gasteiger partial charge < -0.3 is 4.74 Å². The van der Waals surface area contributed by atoms with Gasteiger partial charge in [-0.2, -0.15) is 0 Å². The molecular formula is C13H19BrOS. The van der Waals surface area contributed by atoms with Gasteiger partial charge in [0.15, 0.2) is 0 Å². The molecule has 1 unspecified atom stereocenters. The van der Waals surface area contributed by atoms with E-state index >= 15 is 0 Å². The smallest absolute Gasteiger partial charge is 0.132 e. The van der Waals surface area contributed by atoms with Crippen LogP contribution in [0.2, 0.25) is 0 Å². The molecule has 0 spiro atoms. The van der Waals surface area contributed by atoms with Crippen molar-refractivity contribution in [1.29, 1.82) is 0 Å². The molecule has 0 aliphatic heterocycles. The maximum Gasteiger partial charge on any atom is 0.132 e. The molecule has 1 nitrogen and oxygen atoms in total. The van der Waals surface area contributed by atoms with Gasteiger partial charge in [0.2, 0.25) is 0 Å². The highest BCUT2D eigenvalue weighted by molar-refractivity contribution is 9.09. The second kappa shape index (κ2) is 7.23. The van der Waals surface area contributed by atoms with Crippen LogP contribution in [0.4, 0.5) is 0 Å². The number of hydrogen-bond donors (Lipinski definition) is 0. The number of ether oxygens (including phenoxy) is 1. The Morgan fingerprint density at radius 3 is 2.56 bits per heavy atom. The molecule has 0 radical (unpaired) electrons. The fraction of sp³-hybridized carbons (Fsp3) is 0.538. The molecule has 0 aromatic heterocycles. The van der Waals surface area contributed by atoms with Crippen molar-refractivity contribution >= 4 is 27.7 Å². The van der Waals surface area contributed by atoms with Crippen LogP contribution in [0.15, 0.2) is 29.2 Å². The predicted octanol–water partition coefficient (Wildman–Crippen LogP) is 4.45. The topological polar surface area (TPSA) is 9.23 Å². The number of hydrogen-bond acceptors (Lipinski definition) is 2. The summed E-state index contributed by atoms with van der Waals surface area (Å²) in [4.78, 5) is 1.21. The van der Waals surface area contributed by atoms with Gasteiger partial charge in [0.1, 0.15) is 5.75 Å². The Morgan fingerprint density at radius 1 is 1.31 bits per heavy atom. The van der Waals surface area contributed by atoms with Gasteiger partial charge in [0.25, 0.3) is 0 Å². The Balaban J connectivity index is 2.59. The molecule has 1 aromatic carbocycles. The lowest BCUT2D eigenvalue weighted by atomic mass is 9.99. The number of para-hydroxylation sites is 1. The Morgan fingerprint density at radius 2 is 2.00 bits per heavy atom. The van der Waals surface area contributed by atoms with Crippen molar-refractivity contribution in [2.75, 3.05) is 18.2 Å². The van der Waals surface area contributed by atoms with Gasteiger partial charge in [-0.05, 0) is 24.3 Å². The Labute approximate surface area is 111 Å². The molecule has 0 amide bonds. The van der Waals surface area contributed by atoms with E-state index in [1.807, 2.05) is 18.2 Å². The van der Waals surface area contributed by atoms with E-state index in [0.717, 1.165) is 17.7 Å². The molecule has 0 fully saturated rings. The minimum absolute atomic E-state index is 0.565. The summed E-state index contributed by atoms with van der Waals surface area (Å²) >= 11 is 5.27. The number of alkyl halides is 1. The van der Waals surface area contributed by atoms with E-state index in [-0.39, 0.29) is 0 Å². The zero-order valence-corrected chi connectivity index (χ0v) is 12.5. The molecule has 1 atom stereocenters. The van der Waals surface area contributed by atoms with E-state index < -0.39 is 0 Å². The van der Waals surface area contributed by atoms with Gasteiger partial charge in [-0.1, -0.05) is 41.9 Å². The zero-order chi connectivity index (χ0) is 12.0. The van der Waals surface area contributed by atoms with Gasteiger partial charge in [0.05, 0.1) is 6.61 Å². The van der Waals surface area contributed by atoms with Crippen molar-refractivity contribution in [3.63, 3.8) is 0 Å². The summed E-state index contributed by atoms with van der Waals surface area (Å²) < 4.78 is 5.89. The van der Waals surface area contributed by atoms with Crippen LogP contribution in [-0.4, -0.2) is 18.2 Å². The largest absolute Gasteiger partial charge is 0.492 e. The molecule has 0 heterocycles. The second-order valence-electron chi connectivity index (χ2n) is 4.12. The number of rotatable bonds is 6. The van der Waals surface area contributed by atoms with Gasteiger partial charge in [-0.25, -0.2) is 0 Å². The monoisotopic (exact) mass is 302 g/mol. The maximum absolute atomic E-state index is 5.89. The van der Waals surface area contributed by atoms with Crippen LogP contribution >= 0.6 is 27.7 Å². The first-order valence-electron chi connectivity index (χ1n) is 5.50. The van der Waals surface area contributed by atoms with Crippen LogP contribution in [0, 0.1) is 11.8 Å². The van der Waals surface area contributed by atoms with Crippen molar-refractivity contribution in [2.45, 2.75) is 18.7 Å². The first kappa shape index (κ1) is 13.9. The van der Waals surface area contributed by atoms with E-state index in [9.17, 15) is 0 Å². The molecule has 1 aromatic rings. The SMILES string of the molecule is CSc1ccccc1OCC(CBr)C(C)C. The summed E-state index contributed by atoms with van der Waals surface area (Å²) in [6.07, 6.45) is 2.08. The summed E-state index contributed by atoms with van der Waals surface area (Å²) in [5, 5.41) is 0.992. The van der Waals surface area contributed by atoms with E-state index in [0.29, 0.717) is 11.8 Å². The van der Waals surface area contributed by atoms with E-state index in [4.69, 9.17) is 4.74 Å². The molecule has 0 N–H and O–H groups in total. The molecule has 3 heteroatoms. The average Bonchev–Trinajstić information content (AvgIpc) is 2.30. The summed E-state index contributed by atoms with van der Waals surface area (Å²) in [7, 11) is 0. The highest BCUT2D eigenvalue weighted by atomic mass is 79.9. The first-order chi connectivity index (χ1) is 7.69. The van der Waals surface area contributed by atoms with E-state index in [1.165, 1.54) is 4.90 Å². The number of benzene rings is 1. The van der Waals surface area contributed by atoms with Crippen molar-refractivity contribution < 1.29 is 4.74 Å². The minimum atomic E-state index is 0.565. The predicted molar refractivity (Wildman–Crippen MR) is 75.8 cm³/mol. The Hall–Kier alpha value is -0.150. The third-order valence-corrected chi connectivity index (χ3v) is 4.27. The van der Waals surface area contributed by atoms with Crippen LogP contribution in [0.25, 0.3) is 0 Å². The zero-order valence-electron chi connectivity index (χ0n) is 10.1. The summed E-state index contributed by atoms with van der Waals surface area (Å²) in [6, 6.07) is 8.20. The van der Waals surface area contributed by atoms with E-state index in [1.54, 1.807) is 11.8 Å². The number of halogens is 1. The second-order valence-corrected chi connectivity index (χ2v) is 5.62. The summed E-state index contributed by atoms with van der Waals surface area (Å²) in [5.41, 5.74) is 0. The van der Waals surface area contributed by atoms with E-state index in [2.05, 4.69) is 42.1 Å². The van der Waals surface area contributed by atoms with Gasteiger partial charge in [-0.3, -0.25) is 0 Å². The molecular weight excluding hydrogens is 284 g/mol. The molecule has 0 bridgehead atoms. The third-order valence-electron chi connectivity index (χ3n) is 2.66. The Kier molecular flexibility index (Phi) is 6.29. The minimum Gasteiger partial charge on any atom is -0.492 e. The van der Waals surface area contributed by atoms with Crippen molar-refractivity contribution in [3.05, 3.63) is 24.3 Å². The van der Waals surface area contributed by atoms with Crippen LogP contribution in [0.1, 0.15) is 13.8 Å². The molecule has 1 rings (SSSR count). The van der Waals surface area contributed by atoms with Crippen molar-refractivity contribution in [3.8, 4) is 5.75 Å². The highest BCUT2D eigenvalue weighted by Gasteiger charge is 2.13. The van der Waals surface area contributed by atoms with Crippen LogP contribution in [0.3, 0.4) is 0 Å². The van der Waals surface area contributed by atoms with Crippen LogP contribution in [0.5, 0.6) is 5.75 Å². The molecule has 90 valence electrons. The lowest BCUT2D eigenvalue weighted by molar-refractivity contribution is 0.223. The molecule has 0 saturated carbocycles. The summed E-state index contributed by atoms with van der Waals surface area (Å²) in [6.45, 7) is 5.24. The number of thioether (sulfide) groups is 1. The van der Waals surface area contributed by atoms with Crippen molar-refractivity contribution in [1.82, 2.24) is 0 Å². The van der Waals surface area contributed by atoms with Crippen LogP contribution < -0.4 is 4.74 Å². The molecule has 0 aliphatic carbocycles. The van der Waals surface area contributed by atoms with Gasteiger partial charge >= 0.3 is 0 Å². The molecule has 0 saturated heterocycles. The van der Waals surface area contributed by atoms with Crippen molar-refractivity contribution in [2.24, 2.45) is 11.8 Å². The molecule has 16 heavy (non-hydrogen) atoms. The Bertz CT molecular complexity index is 315. The summed E-state index contributed by atoms with van der Waals surface area (Å²) in [5.74, 6) is 2.21. The third kappa shape index (κ3) is 4.02. The first-order valence-corrected chi connectivity index (χ1v) is 7.85. The highest BCUT2D eigenvalue weighted by Crippen LogP contribution is 2.28. The quantitative estimate of drug-likeness (QED) is 0.567. The standard InChI is InChI=1S/C13H19BrOS/c1-10(2)11(8-14)9-15-12-6-4-5-7-13(12)16-3/h4-7,10-11H,8-9H2,1-3H3. The normalized spacial score (nSPS) is 12.8. The fourth-order valence-electron chi connectivity index (χ4n) is 1.35.